The number of fused-ring (bicyclic) bond motifs is 1. The van der Waals surface area contributed by atoms with E-state index < -0.39 is 36.0 Å². The van der Waals surface area contributed by atoms with Gasteiger partial charge in [-0.1, -0.05) is 20.8 Å². The van der Waals surface area contributed by atoms with Crippen LogP contribution in [0.1, 0.15) is 50.2 Å². The molecule has 0 amide bonds. The average molecular weight is 388 g/mol. The Bertz CT molecular complexity index is 854. The Labute approximate surface area is 155 Å². The van der Waals surface area contributed by atoms with Crippen LogP contribution in [0.4, 0.5) is 17.6 Å². The molecule has 0 spiro atoms. The lowest BCUT2D eigenvalue weighted by Crippen LogP contribution is -2.49. The quantitative estimate of drug-likeness (QED) is 0.637. The summed E-state index contributed by atoms with van der Waals surface area (Å²) in [4.78, 5) is 16.4. The van der Waals surface area contributed by atoms with E-state index in [0.717, 1.165) is 0 Å². The summed E-state index contributed by atoms with van der Waals surface area (Å²) in [7, 11) is 0. The molecule has 0 fully saturated rings. The molecule has 1 aliphatic carbocycles. The number of nitrogens with one attached hydrogen (secondary N) is 1. The average Bonchev–Trinajstić information content (AvgIpc) is 2.51. The predicted octanol–water partition coefficient (Wildman–Crippen LogP) is 2.77. The lowest BCUT2D eigenvalue weighted by molar-refractivity contribution is -0.125. The van der Waals surface area contributed by atoms with Crippen LogP contribution in [0, 0.1) is 12.3 Å². The molecule has 150 valence electrons. The van der Waals surface area contributed by atoms with E-state index in [1.165, 1.54) is 6.07 Å². The van der Waals surface area contributed by atoms with Crippen LogP contribution in [-0.4, -0.2) is 36.3 Å². The Morgan fingerprint density at radius 2 is 1.96 bits per heavy atom. The molecule has 1 aliphatic rings. The van der Waals surface area contributed by atoms with Gasteiger partial charge in [-0.25, -0.2) is 14.2 Å². The molecule has 1 heterocycles. The van der Waals surface area contributed by atoms with Gasteiger partial charge in [-0.2, -0.15) is 13.2 Å². The van der Waals surface area contributed by atoms with Gasteiger partial charge in [0, 0.05) is 5.22 Å². The number of nitrogens with zero attached hydrogens (tertiary/aromatic N) is 1. The molecule has 0 saturated heterocycles. The summed E-state index contributed by atoms with van der Waals surface area (Å²) in [6, 6.07) is 0.310. The van der Waals surface area contributed by atoms with E-state index in [0.29, 0.717) is 16.5 Å². The second kappa shape index (κ2) is 7.58. The number of alkyl halides is 3. The minimum Gasteiger partial charge on any atom is -0.461 e. The molecule has 1 aromatic heterocycles. The van der Waals surface area contributed by atoms with Crippen molar-refractivity contribution in [2.75, 3.05) is 13.2 Å². The third kappa shape index (κ3) is 4.86. The topological polar surface area (TPSA) is 51.2 Å². The largest absolute Gasteiger partial charge is 0.461 e. The predicted molar refractivity (Wildman–Crippen MR) is 94.0 cm³/mol. The van der Waals surface area contributed by atoms with Gasteiger partial charge < -0.3 is 4.74 Å². The maximum Gasteiger partial charge on any atom is 0.401 e. The molecule has 0 aliphatic heterocycles. The standard InChI is InChI=1S/C19H24F4N2O2/c1-6-27-17(26)13-7-10(2)14-15(20)12(24-9-19(21,22)23)8-11(16(14)25-13)18(3,4)5/h7,12,24H,6,8-9H2,1-5H3. The Morgan fingerprint density at radius 3 is 2.48 bits per heavy atom. The first kappa shape index (κ1) is 21.3. The fourth-order valence-corrected chi connectivity index (χ4v) is 3.13. The lowest BCUT2D eigenvalue weighted by Gasteiger charge is -2.30. The first-order valence-corrected chi connectivity index (χ1v) is 8.73. The summed E-state index contributed by atoms with van der Waals surface area (Å²) in [5.74, 6) is -1.31. The van der Waals surface area contributed by atoms with Gasteiger partial charge in [0.15, 0.2) is 0 Å². The van der Waals surface area contributed by atoms with Gasteiger partial charge in [0.25, 0.3) is 0 Å². The van der Waals surface area contributed by atoms with E-state index in [1.54, 1.807) is 13.8 Å². The molecule has 1 aromatic rings. The van der Waals surface area contributed by atoms with Crippen LogP contribution in [0.15, 0.2) is 6.07 Å². The number of rotatable bonds is 4. The molecular formula is C19H24F4N2O2. The number of hydrogen-bond acceptors (Lipinski definition) is 4. The smallest absolute Gasteiger partial charge is 0.401 e. The second-order valence-corrected chi connectivity index (χ2v) is 7.60. The minimum atomic E-state index is -4.44. The molecule has 0 saturated carbocycles. The number of halogens is 4. The van der Waals surface area contributed by atoms with Gasteiger partial charge >= 0.3 is 12.1 Å². The number of pyridine rings is 1. The van der Waals surface area contributed by atoms with Crippen molar-refractivity contribution in [1.29, 1.82) is 0 Å². The number of aromatic nitrogens is 1. The summed E-state index contributed by atoms with van der Waals surface area (Å²) in [6.07, 6.45) is -4.40. The fraction of sp³-hybridized carbons (Fsp3) is 0.579. The molecule has 2 rings (SSSR count). The third-order valence-corrected chi connectivity index (χ3v) is 4.39. The Morgan fingerprint density at radius 1 is 1.33 bits per heavy atom. The highest BCUT2D eigenvalue weighted by Gasteiger charge is 2.34. The molecule has 1 unspecified atom stereocenters. The molecule has 0 bridgehead atoms. The van der Waals surface area contributed by atoms with E-state index in [1.807, 2.05) is 20.8 Å². The highest BCUT2D eigenvalue weighted by molar-refractivity contribution is 5.87. The van der Waals surface area contributed by atoms with Crippen LogP contribution in [0.25, 0.3) is 11.4 Å². The molecule has 8 heteroatoms. The van der Waals surface area contributed by atoms with Gasteiger partial charge in [0.1, 0.15) is 11.5 Å². The minimum absolute atomic E-state index is 0.0388. The summed E-state index contributed by atoms with van der Waals surface area (Å²) in [5, 5.41) is 2.73. The van der Waals surface area contributed by atoms with Crippen LogP contribution in [0.3, 0.4) is 0 Å². The van der Waals surface area contributed by atoms with Gasteiger partial charge in [-0.05, 0) is 42.9 Å². The van der Waals surface area contributed by atoms with Crippen molar-refractivity contribution in [3.63, 3.8) is 0 Å². The zero-order valence-electron chi connectivity index (χ0n) is 16.1. The summed E-state index contributed by atoms with van der Waals surface area (Å²) < 4.78 is 57.8. The SMILES string of the molecule is CCOC(=O)c1cc(C)c2c(n1)=C(C(C)(C)C)CC(NCC(F)(F)F)C=2F. The number of aryl methyl sites for hydroxylation is 1. The summed E-state index contributed by atoms with van der Waals surface area (Å²) >= 11 is 0. The third-order valence-electron chi connectivity index (χ3n) is 4.39. The number of carbonyl (C=O) groups is 1. The van der Waals surface area contributed by atoms with Gasteiger partial charge in [0.05, 0.1) is 24.5 Å². The lowest BCUT2D eigenvalue weighted by atomic mass is 9.79. The molecule has 1 N–H and O–H groups in total. The molecule has 27 heavy (non-hydrogen) atoms. The van der Waals surface area contributed by atoms with Crippen molar-refractivity contribution in [3.8, 4) is 0 Å². The summed E-state index contributed by atoms with van der Waals surface area (Å²) in [5.41, 5.74) is 0.707. The zero-order chi connectivity index (χ0) is 20.6. The van der Waals surface area contributed by atoms with Crippen molar-refractivity contribution in [1.82, 2.24) is 10.3 Å². The highest BCUT2D eigenvalue weighted by atomic mass is 19.4. The molecule has 1 atom stereocenters. The van der Waals surface area contributed by atoms with Gasteiger partial charge in [-0.15, -0.1) is 0 Å². The molecule has 0 radical (unpaired) electrons. The van der Waals surface area contributed by atoms with Gasteiger partial charge in [0.2, 0.25) is 0 Å². The van der Waals surface area contributed by atoms with Crippen molar-refractivity contribution in [2.45, 2.75) is 53.3 Å². The zero-order valence-corrected chi connectivity index (χ0v) is 16.1. The monoisotopic (exact) mass is 388 g/mol. The summed E-state index contributed by atoms with van der Waals surface area (Å²) in [6.45, 7) is 7.80. The van der Waals surface area contributed by atoms with Crippen molar-refractivity contribution in [2.24, 2.45) is 5.41 Å². The Hall–Kier alpha value is -1.96. The van der Waals surface area contributed by atoms with E-state index in [4.69, 9.17) is 4.74 Å². The molecular weight excluding hydrogens is 364 g/mol. The number of esters is 1. The Kier molecular flexibility index (Phi) is 5.99. The highest BCUT2D eigenvalue weighted by Crippen LogP contribution is 2.32. The van der Waals surface area contributed by atoms with Crippen LogP contribution < -0.4 is 15.9 Å². The molecule has 0 aromatic carbocycles. The van der Waals surface area contributed by atoms with E-state index in [9.17, 15) is 18.0 Å². The van der Waals surface area contributed by atoms with Crippen molar-refractivity contribution < 1.29 is 27.1 Å². The second-order valence-electron chi connectivity index (χ2n) is 7.60. The maximum absolute atomic E-state index is 15.0. The van der Waals surface area contributed by atoms with Crippen LogP contribution in [0.2, 0.25) is 0 Å². The normalized spacial score (nSPS) is 17.7. The van der Waals surface area contributed by atoms with Crippen LogP contribution in [0.5, 0.6) is 0 Å². The number of carbonyl (C=O) groups excluding carboxylic acids is 1. The number of hydrogen-bond donors (Lipinski definition) is 1. The molecule has 4 nitrogen and oxygen atoms in total. The maximum atomic E-state index is 15.0. The van der Waals surface area contributed by atoms with Crippen molar-refractivity contribution >= 4 is 17.4 Å². The van der Waals surface area contributed by atoms with E-state index >= 15 is 4.39 Å². The Balaban J connectivity index is 2.69. The van der Waals surface area contributed by atoms with Crippen LogP contribution in [-0.2, 0) is 4.74 Å². The first-order chi connectivity index (χ1) is 12.3. The van der Waals surface area contributed by atoms with E-state index in [-0.39, 0.29) is 23.9 Å². The first-order valence-electron chi connectivity index (χ1n) is 8.73. The van der Waals surface area contributed by atoms with Crippen LogP contribution >= 0.6 is 0 Å². The van der Waals surface area contributed by atoms with E-state index in [2.05, 4.69) is 10.3 Å². The number of ether oxygens (including phenoxy) is 1. The van der Waals surface area contributed by atoms with Gasteiger partial charge in [-0.3, -0.25) is 5.32 Å². The van der Waals surface area contributed by atoms with Crippen molar-refractivity contribution in [3.05, 3.63) is 27.9 Å². The fourth-order valence-electron chi connectivity index (χ4n) is 3.13.